The molecule has 0 aliphatic rings. The van der Waals surface area contributed by atoms with Crippen molar-refractivity contribution in [2.45, 2.75) is 26.8 Å². The van der Waals surface area contributed by atoms with E-state index in [4.69, 9.17) is 0 Å². The first-order chi connectivity index (χ1) is 9.56. The second kappa shape index (κ2) is 6.68. The average molecular weight is 288 g/mol. The molecule has 2 rings (SSSR count). The highest BCUT2D eigenvalue weighted by Gasteiger charge is 2.10. The van der Waals surface area contributed by atoms with Crippen molar-refractivity contribution in [1.82, 2.24) is 5.32 Å². The van der Waals surface area contributed by atoms with Crippen LogP contribution in [0.5, 0.6) is 0 Å². The van der Waals surface area contributed by atoms with E-state index in [9.17, 15) is 4.79 Å². The monoisotopic (exact) mass is 288 g/mol. The van der Waals surface area contributed by atoms with Crippen LogP contribution in [0.25, 0.3) is 0 Å². The molecule has 1 aromatic carbocycles. The molecule has 4 heteroatoms. The molecule has 2 N–H and O–H groups in total. The van der Waals surface area contributed by atoms with Crippen molar-refractivity contribution in [3.05, 3.63) is 51.7 Å². The lowest BCUT2D eigenvalue weighted by Crippen LogP contribution is -2.30. The van der Waals surface area contributed by atoms with Crippen molar-refractivity contribution >= 4 is 22.9 Å². The summed E-state index contributed by atoms with van der Waals surface area (Å²) in [5.41, 5.74) is 1.95. The van der Waals surface area contributed by atoms with Crippen LogP contribution in [0, 0.1) is 13.8 Å². The van der Waals surface area contributed by atoms with Crippen LogP contribution in [0.15, 0.2) is 36.4 Å². The molecular formula is C16H20N2OS. The number of anilines is 1. The van der Waals surface area contributed by atoms with E-state index in [1.54, 1.807) is 11.3 Å². The lowest BCUT2D eigenvalue weighted by molar-refractivity contribution is -0.115. The van der Waals surface area contributed by atoms with Crippen LogP contribution in [0.3, 0.4) is 0 Å². The Hall–Kier alpha value is -1.65. The molecule has 0 bridgehead atoms. The lowest BCUT2D eigenvalue weighted by atomic mass is 10.2. The smallest absolute Gasteiger partial charge is 0.238 e. The molecule has 0 radical (unpaired) electrons. The fraction of sp³-hybridized carbons (Fsp3) is 0.312. The van der Waals surface area contributed by atoms with Gasteiger partial charge < -0.3 is 10.6 Å². The summed E-state index contributed by atoms with van der Waals surface area (Å²) in [6.07, 6.45) is 0. The zero-order chi connectivity index (χ0) is 14.5. The minimum absolute atomic E-state index is 0.0144. The molecular weight excluding hydrogens is 268 g/mol. The van der Waals surface area contributed by atoms with Gasteiger partial charge in [0.1, 0.15) is 0 Å². The van der Waals surface area contributed by atoms with Crippen molar-refractivity contribution < 1.29 is 4.79 Å². The first-order valence-corrected chi connectivity index (χ1v) is 7.53. The zero-order valence-electron chi connectivity index (χ0n) is 12.1. The third-order valence-electron chi connectivity index (χ3n) is 3.18. The first kappa shape index (κ1) is 14.8. The number of rotatable bonds is 5. The van der Waals surface area contributed by atoms with Gasteiger partial charge in [0, 0.05) is 21.5 Å². The first-order valence-electron chi connectivity index (χ1n) is 6.71. The maximum Gasteiger partial charge on any atom is 0.238 e. The Labute approximate surface area is 124 Å². The van der Waals surface area contributed by atoms with E-state index in [1.807, 2.05) is 31.2 Å². The number of carbonyl (C=O) groups excluding carboxylic acids is 1. The largest absolute Gasteiger partial charge is 0.325 e. The summed E-state index contributed by atoms with van der Waals surface area (Å²) in [6, 6.07) is 12.2. The average Bonchev–Trinajstić information content (AvgIpc) is 2.85. The molecule has 20 heavy (non-hydrogen) atoms. The predicted octanol–water partition coefficient (Wildman–Crippen LogP) is 3.65. The van der Waals surface area contributed by atoms with E-state index in [0.29, 0.717) is 6.54 Å². The molecule has 1 atom stereocenters. The fourth-order valence-electron chi connectivity index (χ4n) is 1.94. The van der Waals surface area contributed by atoms with Crippen molar-refractivity contribution in [2.24, 2.45) is 0 Å². The second-order valence-electron chi connectivity index (χ2n) is 4.91. The Balaban J connectivity index is 1.85. The summed E-state index contributed by atoms with van der Waals surface area (Å²) in [4.78, 5) is 14.5. The number of para-hydroxylation sites is 1. The van der Waals surface area contributed by atoms with Gasteiger partial charge in [0.25, 0.3) is 0 Å². The topological polar surface area (TPSA) is 41.1 Å². The van der Waals surface area contributed by atoms with Gasteiger partial charge in [0.05, 0.1) is 6.54 Å². The minimum Gasteiger partial charge on any atom is -0.325 e. The quantitative estimate of drug-likeness (QED) is 0.881. The predicted molar refractivity (Wildman–Crippen MR) is 85.3 cm³/mol. The van der Waals surface area contributed by atoms with Crippen molar-refractivity contribution in [3.63, 3.8) is 0 Å². The Morgan fingerprint density at radius 3 is 2.60 bits per heavy atom. The molecule has 0 aliphatic carbocycles. The lowest BCUT2D eigenvalue weighted by Gasteiger charge is -2.13. The molecule has 106 valence electrons. The molecule has 1 aromatic heterocycles. The van der Waals surface area contributed by atoms with Gasteiger partial charge >= 0.3 is 0 Å². The summed E-state index contributed by atoms with van der Waals surface area (Å²) in [5.74, 6) is -0.0144. The van der Waals surface area contributed by atoms with Crippen LogP contribution >= 0.6 is 11.3 Å². The molecule has 1 unspecified atom stereocenters. The van der Waals surface area contributed by atoms with Crippen LogP contribution < -0.4 is 10.6 Å². The van der Waals surface area contributed by atoms with Crippen LogP contribution in [0.4, 0.5) is 5.69 Å². The van der Waals surface area contributed by atoms with E-state index in [-0.39, 0.29) is 11.9 Å². The van der Waals surface area contributed by atoms with E-state index in [1.165, 1.54) is 9.75 Å². The van der Waals surface area contributed by atoms with E-state index < -0.39 is 0 Å². The SMILES string of the molecule is Cc1ccc(C(C)NCC(=O)Nc2ccccc2C)s1. The number of thiophene rings is 1. The molecule has 0 saturated heterocycles. The number of hydrogen-bond donors (Lipinski definition) is 2. The minimum atomic E-state index is -0.0144. The van der Waals surface area contributed by atoms with Gasteiger partial charge in [-0.1, -0.05) is 18.2 Å². The fourth-order valence-corrected chi connectivity index (χ4v) is 2.84. The number of aryl methyl sites for hydroxylation is 2. The standard InChI is InChI=1S/C16H20N2OS/c1-11-6-4-5-7-14(11)18-16(19)10-17-13(3)15-9-8-12(2)20-15/h4-9,13,17H,10H2,1-3H3,(H,18,19). The third kappa shape index (κ3) is 3.92. The summed E-state index contributed by atoms with van der Waals surface area (Å²) >= 11 is 1.76. The molecule has 0 saturated carbocycles. The van der Waals surface area contributed by atoms with Crippen LogP contribution in [-0.2, 0) is 4.79 Å². The van der Waals surface area contributed by atoms with Gasteiger partial charge in [-0.3, -0.25) is 4.79 Å². The summed E-state index contributed by atoms with van der Waals surface area (Å²) in [6.45, 7) is 6.46. The molecule has 0 spiro atoms. The number of amides is 1. The van der Waals surface area contributed by atoms with E-state index in [0.717, 1.165) is 11.3 Å². The van der Waals surface area contributed by atoms with Crippen molar-refractivity contribution in [3.8, 4) is 0 Å². The molecule has 1 amide bonds. The maximum atomic E-state index is 11.9. The number of hydrogen-bond acceptors (Lipinski definition) is 3. The normalized spacial score (nSPS) is 12.2. The third-order valence-corrected chi connectivity index (χ3v) is 4.36. The summed E-state index contributed by atoms with van der Waals surface area (Å²) < 4.78 is 0. The van der Waals surface area contributed by atoms with Gasteiger partial charge in [-0.15, -0.1) is 11.3 Å². The molecule has 0 fully saturated rings. The van der Waals surface area contributed by atoms with Crippen molar-refractivity contribution in [2.75, 3.05) is 11.9 Å². The van der Waals surface area contributed by atoms with Gasteiger partial charge in [0.15, 0.2) is 0 Å². The summed E-state index contributed by atoms with van der Waals surface area (Å²) in [7, 11) is 0. The Morgan fingerprint density at radius 1 is 1.20 bits per heavy atom. The van der Waals surface area contributed by atoms with Crippen molar-refractivity contribution in [1.29, 1.82) is 0 Å². The number of benzene rings is 1. The second-order valence-corrected chi connectivity index (χ2v) is 6.23. The molecule has 3 nitrogen and oxygen atoms in total. The van der Waals surface area contributed by atoms with Gasteiger partial charge in [-0.05, 0) is 44.5 Å². The van der Waals surface area contributed by atoms with Gasteiger partial charge in [0.2, 0.25) is 5.91 Å². The Kier molecular flexibility index (Phi) is 4.93. The molecule has 0 aliphatic heterocycles. The Morgan fingerprint density at radius 2 is 1.95 bits per heavy atom. The zero-order valence-corrected chi connectivity index (χ0v) is 12.9. The molecule has 2 aromatic rings. The van der Waals surface area contributed by atoms with E-state index in [2.05, 4.69) is 36.6 Å². The summed E-state index contributed by atoms with van der Waals surface area (Å²) in [5, 5.41) is 6.17. The maximum absolute atomic E-state index is 11.9. The highest BCUT2D eigenvalue weighted by atomic mass is 32.1. The van der Waals surface area contributed by atoms with Crippen LogP contribution in [0.1, 0.15) is 28.3 Å². The van der Waals surface area contributed by atoms with Gasteiger partial charge in [-0.25, -0.2) is 0 Å². The number of nitrogens with one attached hydrogen (secondary N) is 2. The Bertz CT molecular complexity index is 592. The highest BCUT2D eigenvalue weighted by Crippen LogP contribution is 2.22. The molecule has 1 heterocycles. The van der Waals surface area contributed by atoms with Gasteiger partial charge in [-0.2, -0.15) is 0 Å². The van der Waals surface area contributed by atoms with Crippen LogP contribution in [-0.4, -0.2) is 12.5 Å². The van der Waals surface area contributed by atoms with E-state index >= 15 is 0 Å². The highest BCUT2D eigenvalue weighted by molar-refractivity contribution is 7.12. The van der Waals surface area contributed by atoms with Crippen LogP contribution in [0.2, 0.25) is 0 Å². The number of carbonyl (C=O) groups is 1.